The van der Waals surface area contributed by atoms with E-state index >= 15 is 0 Å². The van der Waals surface area contributed by atoms with Crippen molar-refractivity contribution in [3.05, 3.63) is 65.0 Å². The van der Waals surface area contributed by atoms with Crippen LogP contribution in [0.4, 0.5) is 4.79 Å². The van der Waals surface area contributed by atoms with Crippen LogP contribution in [0, 0.1) is 11.3 Å². The number of pyridine rings is 1. The lowest BCUT2D eigenvalue weighted by atomic mass is 9.96. The van der Waals surface area contributed by atoms with E-state index in [-0.39, 0.29) is 36.5 Å². The van der Waals surface area contributed by atoms with Crippen molar-refractivity contribution < 1.29 is 32.9 Å². The van der Waals surface area contributed by atoms with E-state index in [4.69, 9.17) is 9.47 Å². The number of nitrogens with zero attached hydrogens (tertiary/aromatic N) is 1. The van der Waals surface area contributed by atoms with E-state index in [0.717, 1.165) is 23.7 Å². The number of rotatable bonds is 15. The Morgan fingerprint density at radius 2 is 1.80 bits per heavy atom. The SMILES string of the molecule is CCC(C)C(NC(=O)C1CCCN1C(=O)CNC(=O)OCC(C)(C)COc1cccc(-c2cc3ccccc3[nH]c2=O)c1)C(=O)NS(=O)C1CC1. The molecule has 1 aliphatic carbocycles. The zero-order valence-corrected chi connectivity index (χ0v) is 30.3. The summed E-state index contributed by atoms with van der Waals surface area (Å²) >= 11 is 0. The molecule has 4 unspecified atom stereocenters. The summed E-state index contributed by atoms with van der Waals surface area (Å²) in [6.07, 6.45) is 2.43. The van der Waals surface area contributed by atoms with E-state index in [0.29, 0.717) is 42.7 Å². The number of nitrogens with one attached hydrogen (secondary N) is 4. The predicted octanol–water partition coefficient (Wildman–Crippen LogP) is 3.79. The minimum Gasteiger partial charge on any atom is -0.493 e. The molecule has 2 heterocycles. The van der Waals surface area contributed by atoms with Crippen molar-refractivity contribution in [3.63, 3.8) is 0 Å². The van der Waals surface area contributed by atoms with Crippen LogP contribution in [0.1, 0.15) is 59.8 Å². The number of H-pyrrole nitrogens is 1. The van der Waals surface area contributed by atoms with E-state index in [1.807, 2.05) is 70.2 Å². The van der Waals surface area contributed by atoms with Gasteiger partial charge < -0.3 is 30.0 Å². The molecule has 3 aromatic rings. The Morgan fingerprint density at radius 3 is 2.55 bits per heavy atom. The third kappa shape index (κ3) is 9.96. The molecule has 4 N–H and O–H groups in total. The summed E-state index contributed by atoms with van der Waals surface area (Å²) in [6, 6.07) is 14.9. The van der Waals surface area contributed by atoms with Gasteiger partial charge in [0.25, 0.3) is 11.5 Å². The molecule has 0 radical (unpaired) electrons. The molecule has 1 aromatic heterocycles. The molecule has 0 spiro atoms. The van der Waals surface area contributed by atoms with Gasteiger partial charge in [0.15, 0.2) is 0 Å². The molecule has 1 saturated heterocycles. The maximum atomic E-state index is 13.3. The Morgan fingerprint density at radius 1 is 1.04 bits per heavy atom. The van der Waals surface area contributed by atoms with E-state index in [1.165, 1.54) is 4.90 Å². The second-order valence-electron chi connectivity index (χ2n) is 14.1. The van der Waals surface area contributed by atoms with E-state index < -0.39 is 52.3 Å². The fourth-order valence-electron chi connectivity index (χ4n) is 5.81. The molecule has 51 heavy (non-hydrogen) atoms. The molecule has 14 heteroatoms. The molecule has 4 atom stereocenters. The number of amides is 4. The zero-order chi connectivity index (χ0) is 36.7. The fourth-order valence-corrected chi connectivity index (χ4v) is 6.87. The first kappa shape index (κ1) is 37.5. The Hall–Kier alpha value is -4.72. The fraction of sp³-hybridized carbons (Fsp3) is 0.486. The van der Waals surface area contributed by atoms with E-state index in [9.17, 15) is 28.2 Å². The lowest BCUT2D eigenvalue weighted by molar-refractivity contribution is -0.139. The molecule has 1 saturated carbocycles. The van der Waals surface area contributed by atoms with Crippen molar-refractivity contribution >= 4 is 45.7 Å². The molecule has 13 nitrogen and oxygen atoms in total. The van der Waals surface area contributed by atoms with Gasteiger partial charge in [-0.3, -0.25) is 23.9 Å². The topological polar surface area (TPSA) is 176 Å². The second kappa shape index (κ2) is 16.5. The lowest BCUT2D eigenvalue weighted by Gasteiger charge is -2.28. The van der Waals surface area contributed by atoms with Crippen molar-refractivity contribution in [2.24, 2.45) is 11.3 Å². The van der Waals surface area contributed by atoms with Crippen molar-refractivity contribution in [1.29, 1.82) is 0 Å². The summed E-state index contributed by atoms with van der Waals surface area (Å²) in [5, 5.41) is 6.14. The lowest BCUT2D eigenvalue weighted by Crippen LogP contribution is -2.56. The normalized spacial score (nSPS) is 17.6. The largest absolute Gasteiger partial charge is 0.493 e. The number of hydrogen-bond donors (Lipinski definition) is 4. The first-order valence-corrected chi connectivity index (χ1v) is 18.6. The highest BCUT2D eigenvalue weighted by molar-refractivity contribution is 7.84. The van der Waals surface area contributed by atoms with Gasteiger partial charge in [-0.25, -0.2) is 9.00 Å². The molecule has 5 rings (SSSR count). The van der Waals surface area contributed by atoms with E-state index in [2.05, 4.69) is 20.3 Å². The van der Waals surface area contributed by atoms with Gasteiger partial charge in [-0.05, 0) is 66.8 Å². The van der Waals surface area contributed by atoms with Crippen molar-refractivity contribution in [2.75, 3.05) is 26.3 Å². The summed E-state index contributed by atoms with van der Waals surface area (Å²) in [7, 11) is -1.48. The van der Waals surface area contributed by atoms with Gasteiger partial charge in [-0.2, -0.15) is 0 Å². The molecular weight excluding hydrogens is 675 g/mol. The monoisotopic (exact) mass is 721 g/mol. The second-order valence-corrected chi connectivity index (χ2v) is 15.6. The number of hydrogen-bond acceptors (Lipinski definition) is 8. The van der Waals surface area contributed by atoms with Crippen LogP contribution in [0.5, 0.6) is 5.75 Å². The molecule has 274 valence electrons. The maximum absolute atomic E-state index is 13.3. The minimum atomic E-state index is -1.48. The smallest absolute Gasteiger partial charge is 0.407 e. The number of alkyl carbamates (subject to hydrolysis) is 1. The summed E-state index contributed by atoms with van der Waals surface area (Å²) in [5.41, 5.74) is 1.19. The number of ether oxygens (including phenoxy) is 2. The Labute approximate surface area is 299 Å². The summed E-state index contributed by atoms with van der Waals surface area (Å²) in [5.74, 6) is -1.07. The third-order valence-corrected chi connectivity index (χ3v) is 10.7. The molecule has 1 aliphatic heterocycles. The van der Waals surface area contributed by atoms with Gasteiger partial charge in [0.2, 0.25) is 11.8 Å². The molecule has 2 fully saturated rings. The Bertz CT molecular complexity index is 1840. The number of carbonyl (C=O) groups is 4. The van der Waals surface area contributed by atoms with Gasteiger partial charge >= 0.3 is 6.09 Å². The number of likely N-dealkylation sites (tertiary alicyclic amines) is 1. The van der Waals surface area contributed by atoms with Crippen LogP contribution in [0.15, 0.2) is 59.4 Å². The number of para-hydroxylation sites is 1. The number of fused-ring (bicyclic) bond motifs is 1. The summed E-state index contributed by atoms with van der Waals surface area (Å²) < 4.78 is 26.2. The highest BCUT2D eigenvalue weighted by atomic mass is 32.2. The first-order chi connectivity index (χ1) is 24.3. The van der Waals surface area contributed by atoms with Gasteiger partial charge in [-0.15, -0.1) is 0 Å². The first-order valence-electron chi connectivity index (χ1n) is 17.4. The summed E-state index contributed by atoms with van der Waals surface area (Å²) in [4.78, 5) is 68.9. The van der Waals surface area contributed by atoms with Crippen molar-refractivity contribution in [3.8, 4) is 16.9 Å². The van der Waals surface area contributed by atoms with Gasteiger partial charge in [0, 0.05) is 23.0 Å². The predicted molar refractivity (Wildman–Crippen MR) is 194 cm³/mol. The summed E-state index contributed by atoms with van der Waals surface area (Å²) in [6.45, 7) is 7.63. The zero-order valence-electron chi connectivity index (χ0n) is 29.5. The van der Waals surface area contributed by atoms with Crippen LogP contribution in [0.25, 0.3) is 22.0 Å². The maximum Gasteiger partial charge on any atom is 0.407 e. The number of benzene rings is 2. The van der Waals surface area contributed by atoms with Crippen LogP contribution >= 0.6 is 0 Å². The highest BCUT2D eigenvalue weighted by Crippen LogP contribution is 2.27. The number of aromatic amines is 1. The average Bonchev–Trinajstić information content (AvgIpc) is 3.86. The Kier molecular flexibility index (Phi) is 12.2. The third-order valence-electron chi connectivity index (χ3n) is 9.20. The minimum absolute atomic E-state index is 0.00357. The van der Waals surface area contributed by atoms with Crippen LogP contribution in [0.2, 0.25) is 0 Å². The molecule has 2 aromatic carbocycles. The molecule has 4 amide bonds. The van der Waals surface area contributed by atoms with Crippen LogP contribution < -0.4 is 25.7 Å². The van der Waals surface area contributed by atoms with Crippen LogP contribution in [0.3, 0.4) is 0 Å². The van der Waals surface area contributed by atoms with Gasteiger partial charge in [0.1, 0.15) is 42.0 Å². The number of aromatic nitrogens is 1. The van der Waals surface area contributed by atoms with Gasteiger partial charge in [0.05, 0.1) is 11.9 Å². The van der Waals surface area contributed by atoms with E-state index in [1.54, 1.807) is 12.1 Å². The Balaban J connectivity index is 1.08. The number of carbonyl (C=O) groups excluding carboxylic acids is 4. The van der Waals surface area contributed by atoms with Crippen LogP contribution in [-0.2, 0) is 30.1 Å². The molecule has 2 aliphatic rings. The molecular formula is C37H47N5O8S. The van der Waals surface area contributed by atoms with Crippen molar-refractivity contribution in [1.82, 2.24) is 25.2 Å². The van der Waals surface area contributed by atoms with Gasteiger partial charge in [-0.1, -0.05) is 64.4 Å². The highest BCUT2D eigenvalue weighted by Gasteiger charge is 2.38. The average molecular weight is 722 g/mol. The van der Waals surface area contributed by atoms with Crippen molar-refractivity contribution in [2.45, 2.75) is 77.1 Å². The quantitative estimate of drug-likeness (QED) is 0.183. The molecule has 0 bridgehead atoms. The van der Waals surface area contributed by atoms with Crippen LogP contribution in [-0.4, -0.2) is 81.5 Å². The standard InChI is InChI=1S/C37H47N5O8S/c1-5-23(2)32(35(46)41-51(48)27-15-16-27)40-34(45)30-14-9-17-42(30)31(43)20-38-36(47)50-22-37(3,4)21-49-26-12-8-11-24(18-26)28-19-25-10-6-7-13-29(25)39-33(28)44/h6-8,10-13,18-19,23,27,30,32H,5,9,14-17,20-22H2,1-4H3,(H,38,47)(H,39,44)(H,40,45)(H,41,46).